The Balaban J connectivity index is 0.00000308. The van der Waals surface area contributed by atoms with Crippen molar-refractivity contribution in [2.24, 2.45) is 0 Å². The first-order valence-corrected chi connectivity index (χ1v) is 12.3. The van der Waals surface area contributed by atoms with Gasteiger partial charge in [-0.15, -0.1) is 18.2 Å². The molecule has 0 unspecified atom stereocenters. The van der Waals surface area contributed by atoms with Crippen molar-refractivity contribution in [3.05, 3.63) is 138 Å². The molecule has 0 radical (unpaired) electrons. The van der Waals surface area contributed by atoms with Crippen molar-refractivity contribution in [3.8, 4) is 22.4 Å². The van der Waals surface area contributed by atoms with Crippen LogP contribution in [0.2, 0.25) is 0 Å². The molecule has 0 aliphatic carbocycles. The predicted octanol–water partition coefficient (Wildman–Crippen LogP) is 8.14. The van der Waals surface area contributed by atoms with Gasteiger partial charge in [0.15, 0.2) is 0 Å². The zero-order valence-corrected chi connectivity index (χ0v) is 23.5. The number of aromatic nitrogens is 2. The fourth-order valence-corrected chi connectivity index (χ4v) is 4.75. The van der Waals surface area contributed by atoms with E-state index in [9.17, 15) is 8.78 Å². The van der Waals surface area contributed by atoms with Crippen LogP contribution in [0.25, 0.3) is 28.5 Å². The van der Waals surface area contributed by atoms with Crippen LogP contribution in [0, 0.1) is 23.9 Å². The molecule has 0 atom stereocenters. The maximum absolute atomic E-state index is 14.5. The summed E-state index contributed by atoms with van der Waals surface area (Å²) in [6.07, 6.45) is 5.40. The summed E-state index contributed by atoms with van der Waals surface area (Å²) in [7, 11) is 0. The Kier molecular flexibility index (Phi) is 7.29. The minimum Gasteiger partial charge on any atom is -0.421 e. The van der Waals surface area contributed by atoms with Gasteiger partial charge in [-0.2, -0.15) is 0 Å². The number of halogens is 2. The van der Waals surface area contributed by atoms with E-state index in [0.29, 0.717) is 11.4 Å². The first-order chi connectivity index (χ1) is 18.4. The predicted molar refractivity (Wildman–Crippen MR) is 147 cm³/mol. The molecule has 39 heavy (non-hydrogen) atoms. The fourth-order valence-electron chi connectivity index (χ4n) is 4.75. The molecule has 3 heterocycles. The molecule has 2 aromatic heterocycles. The van der Waals surface area contributed by atoms with Crippen molar-refractivity contribution in [1.82, 2.24) is 9.97 Å². The maximum atomic E-state index is 14.5. The molecule has 3 aromatic carbocycles. The van der Waals surface area contributed by atoms with E-state index >= 15 is 0 Å². The standard InChI is InChI=1S/C33H23F2N3.Pt/c1-33(2,30-14-7-12-28(36-30)26-18-17-23(34)21-27(26)35)31-15-8-16-32(37-31)38-20-19-22-9-3-4-10-24(22)25-11-5-6-13-29(25)38;/h3-17,19,21H,1-2H3;/q-2;+2. The number of rotatable bonds is 4. The van der Waals surface area contributed by atoms with E-state index in [1.165, 1.54) is 0 Å². The molecule has 5 aromatic rings. The summed E-state index contributed by atoms with van der Waals surface area (Å²) in [4.78, 5) is 11.8. The van der Waals surface area contributed by atoms with Crippen molar-refractivity contribution >= 4 is 17.6 Å². The van der Waals surface area contributed by atoms with E-state index in [1.54, 1.807) is 6.07 Å². The number of pyridine rings is 2. The van der Waals surface area contributed by atoms with Gasteiger partial charge < -0.3 is 9.88 Å². The van der Waals surface area contributed by atoms with E-state index < -0.39 is 17.0 Å². The third kappa shape index (κ3) is 4.95. The number of fused-ring (bicyclic) bond motifs is 3. The van der Waals surface area contributed by atoms with Gasteiger partial charge in [0.05, 0.1) is 5.82 Å². The summed E-state index contributed by atoms with van der Waals surface area (Å²) < 4.78 is 27.9. The number of nitrogens with zero attached hydrogens (tertiary/aromatic N) is 3. The Bertz CT molecular complexity index is 1700. The number of anilines is 2. The van der Waals surface area contributed by atoms with Crippen LogP contribution >= 0.6 is 0 Å². The second-order valence-corrected chi connectivity index (χ2v) is 9.67. The topological polar surface area (TPSA) is 29.0 Å². The van der Waals surface area contributed by atoms with E-state index in [2.05, 4.69) is 36.5 Å². The second-order valence-electron chi connectivity index (χ2n) is 9.67. The summed E-state index contributed by atoms with van der Waals surface area (Å²) in [5, 5.41) is 0. The molecule has 0 N–H and O–H groups in total. The average molecular weight is 695 g/mol. The molecule has 0 spiro atoms. The Morgan fingerprint density at radius 2 is 1.46 bits per heavy atom. The normalized spacial score (nSPS) is 12.3. The molecule has 0 bridgehead atoms. The molecule has 0 saturated carbocycles. The van der Waals surface area contributed by atoms with Gasteiger partial charge in [-0.3, -0.25) is 13.8 Å². The molecular formula is C33H23F2N3Pt. The largest absolute Gasteiger partial charge is 2.00 e. The van der Waals surface area contributed by atoms with Crippen molar-refractivity contribution in [2.75, 3.05) is 4.90 Å². The van der Waals surface area contributed by atoms with Crippen LogP contribution < -0.4 is 4.90 Å². The SMILES string of the molecule is CC(C)(c1cccc(-c2[c-]cc(F)cc2F)n1)c1cccc(N2[C-]=Cc3ccccc3-c3ccccc32)n1.[Pt+2]. The number of hydrogen-bond acceptors (Lipinski definition) is 3. The molecule has 3 nitrogen and oxygen atoms in total. The number of benzene rings is 3. The molecule has 194 valence electrons. The van der Waals surface area contributed by atoms with E-state index in [-0.39, 0.29) is 26.6 Å². The molecule has 6 heteroatoms. The fraction of sp³-hybridized carbons (Fsp3) is 0.0909. The van der Waals surface area contributed by atoms with Gasteiger partial charge >= 0.3 is 21.1 Å². The molecule has 1 aliphatic heterocycles. The average Bonchev–Trinajstić information content (AvgIpc) is 3.10. The van der Waals surface area contributed by atoms with Crippen LogP contribution in [0.3, 0.4) is 0 Å². The second kappa shape index (κ2) is 10.7. The van der Waals surface area contributed by atoms with E-state index in [4.69, 9.17) is 9.97 Å². The van der Waals surface area contributed by atoms with Crippen LogP contribution in [-0.2, 0) is 26.5 Å². The first-order valence-electron chi connectivity index (χ1n) is 12.3. The smallest absolute Gasteiger partial charge is 0.421 e. The Labute approximate surface area is 241 Å². The third-order valence-corrected chi connectivity index (χ3v) is 6.85. The first kappa shape index (κ1) is 26.6. The summed E-state index contributed by atoms with van der Waals surface area (Å²) >= 11 is 0. The number of hydrogen-bond donors (Lipinski definition) is 0. The van der Waals surface area contributed by atoms with Gasteiger partial charge in [0.25, 0.3) is 0 Å². The Hall–Kier alpha value is -3.95. The van der Waals surface area contributed by atoms with Crippen molar-refractivity contribution in [2.45, 2.75) is 19.3 Å². The zero-order valence-electron chi connectivity index (χ0n) is 21.2. The summed E-state index contributed by atoms with van der Waals surface area (Å²) in [6, 6.07) is 32.4. The van der Waals surface area contributed by atoms with E-state index in [0.717, 1.165) is 46.0 Å². The monoisotopic (exact) mass is 694 g/mol. The Morgan fingerprint density at radius 1 is 0.769 bits per heavy atom. The van der Waals surface area contributed by atoms with Crippen LogP contribution in [0.1, 0.15) is 30.8 Å². The summed E-state index contributed by atoms with van der Waals surface area (Å²) in [5.74, 6) is -0.648. The molecule has 0 saturated heterocycles. The van der Waals surface area contributed by atoms with Gasteiger partial charge in [-0.25, -0.2) is 0 Å². The number of para-hydroxylation sites is 1. The molecule has 0 fully saturated rings. The quantitative estimate of drug-likeness (QED) is 0.178. The third-order valence-electron chi connectivity index (χ3n) is 6.85. The van der Waals surface area contributed by atoms with Gasteiger partial charge in [0.1, 0.15) is 0 Å². The van der Waals surface area contributed by atoms with Gasteiger partial charge in [-0.05, 0) is 42.9 Å². The molecule has 1 aliphatic rings. The van der Waals surface area contributed by atoms with Gasteiger partial charge in [0.2, 0.25) is 0 Å². The van der Waals surface area contributed by atoms with Crippen molar-refractivity contribution in [1.29, 1.82) is 0 Å². The van der Waals surface area contributed by atoms with E-state index in [1.807, 2.05) is 79.4 Å². The molecule has 0 amide bonds. The minimum absolute atomic E-state index is 0. The van der Waals surface area contributed by atoms with Gasteiger partial charge in [0, 0.05) is 28.4 Å². The Morgan fingerprint density at radius 3 is 2.26 bits per heavy atom. The maximum Gasteiger partial charge on any atom is 2.00 e. The van der Waals surface area contributed by atoms with Crippen LogP contribution in [0.4, 0.5) is 20.3 Å². The summed E-state index contributed by atoms with van der Waals surface area (Å²) in [5.41, 5.74) is 5.72. The minimum atomic E-state index is -0.698. The van der Waals surface area contributed by atoms with Crippen LogP contribution in [-0.4, -0.2) is 9.97 Å². The molecular weight excluding hydrogens is 671 g/mol. The summed E-state index contributed by atoms with van der Waals surface area (Å²) in [6.45, 7) is 4.06. The van der Waals surface area contributed by atoms with Gasteiger partial charge in [-0.1, -0.05) is 102 Å². The van der Waals surface area contributed by atoms with Crippen molar-refractivity contribution in [3.63, 3.8) is 0 Å². The van der Waals surface area contributed by atoms with Crippen molar-refractivity contribution < 1.29 is 29.8 Å². The van der Waals surface area contributed by atoms with Crippen LogP contribution in [0.5, 0.6) is 0 Å². The molecule has 6 rings (SSSR count). The zero-order chi connectivity index (χ0) is 26.3. The van der Waals surface area contributed by atoms with Crippen LogP contribution in [0.15, 0.2) is 97.1 Å².